The number of fused-ring (bicyclic) bond motifs is 1. The van der Waals surface area contributed by atoms with Crippen molar-refractivity contribution in [3.05, 3.63) is 65.0 Å². The van der Waals surface area contributed by atoms with Gasteiger partial charge < -0.3 is 15.0 Å². The Morgan fingerprint density at radius 2 is 2.14 bits per heavy atom. The van der Waals surface area contributed by atoms with Gasteiger partial charge in [0.05, 0.1) is 19.8 Å². The molecule has 2 heterocycles. The van der Waals surface area contributed by atoms with E-state index in [1.807, 2.05) is 15.7 Å². The molecule has 4 rings (SSSR count). The summed E-state index contributed by atoms with van der Waals surface area (Å²) in [6.45, 7) is 9.95. The molecule has 154 valence electrons. The standard InChI is InChI=1S/C23H30N4O2/c1-3-10-27-21-9-8-19(24-16-18-7-5-4-6-17(18)2)15-20(21)22(25-27)23(28)26-11-13-29-14-12-26/h3-7,19,24H,1,8-16H2,2H3. The first kappa shape index (κ1) is 19.9. The average molecular weight is 395 g/mol. The van der Waals surface area contributed by atoms with Crippen LogP contribution in [0.2, 0.25) is 0 Å². The first-order valence-electron chi connectivity index (χ1n) is 10.5. The molecule has 1 aliphatic heterocycles. The van der Waals surface area contributed by atoms with Gasteiger partial charge in [-0.25, -0.2) is 0 Å². The van der Waals surface area contributed by atoms with Gasteiger partial charge in [0.15, 0.2) is 5.69 Å². The molecule has 0 bridgehead atoms. The predicted octanol–water partition coefficient (Wildman–Crippen LogP) is 2.50. The lowest BCUT2D eigenvalue weighted by Gasteiger charge is -2.28. The number of morpholine rings is 1. The maximum Gasteiger partial charge on any atom is 0.274 e. The molecular formula is C23H30N4O2. The smallest absolute Gasteiger partial charge is 0.274 e. The largest absolute Gasteiger partial charge is 0.378 e. The van der Waals surface area contributed by atoms with Crippen molar-refractivity contribution >= 4 is 5.91 Å². The molecule has 1 atom stereocenters. The summed E-state index contributed by atoms with van der Waals surface area (Å²) in [6.07, 6.45) is 4.66. The first-order chi connectivity index (χ1) is 14.2. The molecule has 1 saturated heterocycles. The van der Waals surface area contributed by atoms with Gasteiger partial charge in [-0.2, -0.15) is 5.10 Å². The average Bonchev–Trinajstić information content (AvgIpc) is 3.11. The number of rotatable bonds is 6. The number of carbonyl (C=O) groups is 1. The molecule has 6 heteroatoms. The Hall–Kier alpha value is -2.44. The van der Waals surface area contributed by atoms with Crippen LogP contribution in [0.3, 0.4) is 0 Å². The monoisotopic (exact) mass is 394 g/mol. The van der Waals surface area contributed by atoms with Gasteiger partial charge >= 0.3 is 0 Å². The number of amides is 1. The quantitative estimate of drug-likeness (QED) is 0.765. The zero-order valence-corrected chi connectivity index (χ0v) is 17.2. The SMILES string of the molecule is C=CCn1nc(C(=O)N2CCOCC2)c2c1CCC(NCc1ccccc1C)C2. The normalized spacial score (nSPS) is 19.1. The van der Waals surface area contributed by atoms with E-state index in [-0.39, 0.29) is 5.91 Å². The van der Waals surface area contributed by atoms with Crippen molar-refractivity contribution in [3.63, 3.8) is 0 Å². The minimum atomic E-state index is 0.0342. The van der Waals surface area contributed by atoms with E-state index in [1.54, 1.807) is 0 Å². The van der Waals surface area contributed by atoms with Gasteiger partial charge in [0.1, 0.15) is 0 Å². The van der Waals surface area contributed by atoms with Gasteiger partial charge in [0.2, 0.25) is 0 Å². The van der Waals surface area contributed by atoms with E-state index in [2.05, 4.69) is 43.1 Å². The van der Waals surface area contributed by atoms with E-state index in [0.29, 0.717) is 44.6 Å². The molecule has 6 nitrogen and oxygen atoms in total. The Morgan fingerprint density at radius 1 is 1.34 bits per heavy atom. The molecular weight excluding hydrogens is 364 g/mol. The summed E-state index contributed by atoms with van der Waals surface area (Å²) in [7, 11) is 0. The van der Waals surface area contributed by atoms with Gasteiger partial charge in [-0.1, -0.05) is 30.3 Å². The van der Waals surface area contributed by atoms with Crippen LogP contribution in [0.15, 0.2) is 36.9 Å². The number of nitrogens with one attached hydrogen (secondary N) is 1. The maximum atomic E-state index is 13.2. The lowest BCUT2D eigenvalue weighted by molar-refractivity contribution is 0.0297. The number of nitrogens with zero attached hydrogens (tertiary/aromatic N) is 3. The molecule has 2 aliphatic rings. The third kappa shape index (κ3) is 4.28. The number of carbonyl (C=O) groups excluding carboxylic acids is 1. The molecule has 1 unspecified atom stereocenters. The van der Waals surface area contributed by atoms with E-state index in [0.717, 1.165) is 31.4 Å². The van der Waals surface area contributed by atoms with Crippen LogP contribution >= 0.6 is 0 Å². The van der Waals surface area contributed by atoms with Crippen molar-refractivity contribution in [2.45, 2.75) is 45.3 Å². The van der Waals surface area contributed by atoms with Gasteiger partial charge in [-0.3, -0.25) is 9.48 Å². The number of aromatic nitrogens is 2. The minimum Gasteiger partial charge on any atom is -0.378 e. The topological polar surface area (TPSA) is 59.4 Å². The Bertz CT molecular complexity index is 883. The van der Waals surface area contributed by atoms with Crippen LogP contribution in [-0.2, 0) is 30.7 Å². The fourth-order valence-electron chi connectivity index (χ4n) is 4.29. The van der Waals surface area contributed by atoms with Crippen molar-refractivity contribution in [1.29, 1.82) is 0 Å². The van der Waals surface area contributed by atoms with Gasteiger partial charge in [0, 0.05) is 36.9 Å². The van der Waals surface area contributed by atoms with Crippen molar-refractivity contribution in [3.8, 4) is 0 Å². The van der Waals surface area contributed by atoms with Crippen LogP contribution in [0.5, 0.6) is 0 Å². The molecule has 1 aromatic heterocycles. The summed E-state index contributed by atoms with van der Waals surface area (Å²) in [4.78, 5) is 15.0. The van der Waals surface area contributed by atoms with Gasteiger partial charge in [0.25, 0.3) is 5.91 Å². The highest BCUT2D eigenvalue weighted by molar-refractivity contribution is 5.94. The molecule has 1 N–H and O–H groups in total. The molecule has 0 spiro atoms. The summed E-state index contributed by atoms with van der Waals surface area (Å²) in [5.41, 5.74) is 5.54. The third-order valence-corrected chi connectivity index (χ3v) is 5.99. The summed E-state index contributed by atoms with van der Waals surface area (Å²) >= 11 is 0. The van der Waals surface area contributed by atoms with Crippen LogP contribution in [0, 0.1) is 6.92 Å². The number of hydrogen-bond acceptors (Lipinski definition) is 4. The fourth-order valence-corrected chi connectivity index (χ4v) is 4.29. The zero-order chi connectivity index (χ0) is 20.2. The predicted molar refractivity (Wildman–Crippen MR) is 113 cm³/mol. The molecule has 1 aliphatic carbocycles. The number of allylic oxidation sites excluding steroid dienone is 1. The van der Waals surface area contributed by atoms with Crippen LogP contribution in [0.25, 0.3) is 0 Å². The Morgan fingerprint density at radius 3 is 2.90 bits per heavy atom. The molecule has 1 aromatic carbocycles. The highest BCUT2D eigenvalue weighted by Gasteiger charge is 2.31. The maximum absolute atomic E-state index is 13.2. The van der Waals surface area contributed by atoms with Crippen LogP contribution < -0.4 is 5.32 Å². The van der Waals surface area contributed by atoms with E-state index in [9.17, 15) is 4.79 Å². The van der Waals surface area contributed by atoms with Crippen molar-refractivity contribution in [2.24, 2.45) is 0 Å². The molecule has 1 fully saturated rings. The molecule has 29 heavy (non-hydrogen) atoms. The number of ether oxygens (including phenoxy) is 1. The second kappa shape index (κ2) is 8.93. The second-order valence-corrected chi connectivity index (χ2v) is 7.90. The number of hydrogen-bond donors (Lipinski definition) is 1. The summed E-state index contributed by atoms with van der Waals surface area (Å²) < 4.78 is 7.37. The minimum absolute atomic E-state index is 0.0342. The zero-order valence-electron chi connectivity index (χ0n) is 17.2. The van der Waals surface area contributed by atoms with Gasteiger partial charge in [-0.15, -0.1) is 6.58 Å². The number of benzene rings is 1. The van der Waals surface area contributed by atoms with Crippen LogP contribution in [-0.4, -0.2) is 52.9 Å². The molecule has 1 amide bonds. The van der Waals surface area contributed by atoms with E-state index < -0.39 is 0 Å². The molecule has 0 radical (unpaired) electrons. The number of aryl methyl sites for hydroxylation is 1. The van der Waals surface area contributed by atoms with Crippen molar-refractivity contribution < 1.29 is 9.53 Å². The summed E-state index contributed by atoms with van der Waals surface area (Å²) in [6, 6.07) is 8.82. The van der Waals surface area contributed by atoms with Crippen LogP contribution in [0.4, 0.5) is 0 Å². The molecule has 0 saturated carbocycles. The van der Waals surface area contributed by atoms with Crippen molar-refractivity contribution in [2.75, 3.05) is 26.3 Å². The highest BCUT2D eigenvalue weighted by Crippen LogP contribution is 2.26. The summed E-state index contributed by atoms with van der Waals surface area (Å²) in [5.74, 6) is 0.0342. The first-order valence-corrected chi connectivity index (χ1v) is 10.5. The Labute approximate surface area is 172 Å². The van der Waals surface area contributed by atoms with Crippen molar-refractivity contribution in [1.82, 2.24) is 20.0 Å². The van der Waals surface area contributed by atoms with E-state index in [1.165, 1.54) is 16.8 Å². The lowest BCUT2D eigenvalue weighted by atomic mass is 9.90. The highest BCUT2D eigenvalue weighted by atomic mass is 16.5. The Balaban J connectivity index is 1.53. The fraction of sp³-hybridized carbons (Fsp3) is 0.478. The Kier molecular flexibility index (Phi) is 6.11. The van der Waals surface area contributed by atoms with E-state index in [4.69, 9.17) is 9.84 Å². The lowest BCUT2D eigenvalue weighted by Crippen LogP contribution is -2.41. The van der Waals surface area contributed by atoms with Crippen LogP contribution in [0.1, 0.15) is 39.3 Å². The third-order valence-electron chi connectivity index (χ3n) is 5.99. The van der Waals surface area contributed by atoms with Gasteiger partial charge in [-0.05, 0) is 37.3 Å². The second-order valence-electron chi connectivity index (χ2n) is 7.90. The summed E-state index contributed by atoms with van der Waals surface area (Å²) in [5, 5.41) is 8.41. The molecule has 2 aromatic rings. The van der Waals surface area contributed by atoms with E-state index >= 15 is 0 Å².